The lowest BCUT2D eigenvalue weighted by molar-refractivity contribution is -0.121. The molecule has 0 amide bonds. The molecular formula is C28H44O5Si. The molecule has 0 aromatic heterocycles. The number of carbonyl (C=O) groups is 1. The Morgan fingerprint density at radius 3 is 2.24 bits per heavy atom. The lowest BCUT2D eigenvalue weighted by Crippen LogP contribution is -2.48. The van der Waals surface area contributed by atoms with Crippen LogP contribution in [0.1, 0.15) is 53.5 Å². The molecular weight excluding hydrogens is 444 g/mol. The Labute approximate surface area is 207 Å². The van der Waals surface area contributed by atoms with Crippen molar-refractivity contribution < 1.29 is 23.8 Å². The van der Waals surface area contributed by atoms with E-state index in [1.165, 1.54) is 0 Å². The van der Waals surface area contributed by atoms with Crippen molar-refractivity contribution in [1.29, 1.82) is 0 Å². The molecule has 0 saturated carbocycles. The van der Waals surface area contributed by atoms with E-state index in [4.69, 9.17) is 13.9 Å². The fraction of sp³-hybridized carbons (Fsp3) is 0.607. The molecule has 0 radical (unpaired) electrons. The summed E-state index contributed by atoms with van der Waals surface area (Å²) in [5.74, 6) is 0.324. The van der Waals surface area contributed by atoms with Gasteiger partial charge in [0.15, 0.2) is 5.78 Å². The maximum absolute atomic E-state index is 12.5. The Hall–Kier alpha value is -1.73. The maximum Gasteiger partial charge on any atom is 0.200 e. The molecule has 0 aliphatic heterocycles. The van der Waals surface area contributed by atoms with Gasteiger partial charge in [-0.2, -0.15) is 0 Å². The van der Waals surface area contributed by atoms with Gasteiger partial charge in [0, 0.05) is 0 Å². The van der Waals surface area contributed by atoms with E-state index in [2.05, 4.69) is 47.6 Å². The fourth-order valence-corrected chi connectivity index (χ4v) is 11.0. The molecule has 0 fully saturated rings. The average molecular weight is 489 g/mol. The standard InChI is InChI=1S/C28H44O5Si/c1-20(2)34(21(3)4,22(5)6)33-19-24(26-9-8-10-28(30)27(26)17-29)15-16-32-18-23-11-13-25(31-7)14-12-23/h8,10-15,20-22,26-27,29H,9,16-19H2,1-7H3/b24-15-/t26-,27-/m0/s1. The third kappa shape index (κ3) is 6.91. The van der Waals surface area contributed by atoms with E-state index in [9.17, 15) is 9.90 Å². The topological polar surface area (TPSA) is 65.0 Å². The van der Waals surface area contributed by atoms with Gasteiger partial charge in [-0.05, 0) is 58.3 Å². The van der Waals surface area contributed by atoms with E-state index in [-0.39, 0.29) is 18.3 Å². The highest BCUT2D eigenvalue weighted by atomic mass is 28.4. The number of hydrogen-bond acceptors (Lipinski definition) is 5. The van der Waals surface area contributed by atoms with Crippen LogP contribution >= 0.6 is 0 Å². The number of hydrogen-bond donors (Lipinski definition) is 1. The summed E-state index contributed by atoms with van der Waals surface area (Å²) in [6.07, 6.45) is 6.32. The molecule has 1 aromatic carbocycles. The zero-order chi connectivity index (χ0) is 25.3. The Morgan fingerprint density at radius 2 is 1.71 bits per heavy atom. The smallest absolute Gasteiger partial charge is 0.200 e. The van der Waals surface area contributed by atoms with Gasteiger partial charge in [-0.1, -0.05) is 65.8 Å². The Balaban J connectivity index is 2.21. The molecule has 190 valence electrons. The average Bonchev–Trinajstić information content (AvgIpc) is 2.80. The predicted molar refractivity (Wildman–Crippen MR) is 141 cm³/mol. The van der Waals surface area contributed by atoms with Gasteiger partial charge in [-0.15, -0.1) is 0 Å². The molecule has 34 heavy (non-hydrogen) atoms. The van der Waals surface area contributed by atoms with Crippen molar-refractivity contribution in [2.24, 2.45) is 11.8 Å². The zero-order valence-electron chi connectivity index (χ0n) is 22.0. The number of aliphatic hydroxyl groups is 1. The number of aliphatic hydroxyl groups excluding tert-OH is 1. The van der Waals surface area contributed by atoms with E-state index < -0.39 is 14.2 Å². The van der Waals surface area contributed by atoms with Crippen LogP contribution in [-0.2, 0) is 20.6 Å². The number of ether oxygens (including phenoxy) is 2. The highest BCUT2D eigenvalue weighted by Crippen LogP contribution is 2.43. The van der Waals surface area contributed by atoms with E-state index in [0.717, 1.165) is 23.3 Å². The number of benzene rings is 1. The predicted octanol–water partition coefficient (Wildman–Crippen LogP) is 6.08. The van der Waals surface area contributed by atoms with Crippen LogP contribution in [0.3, 0.4) is 0 Å². The first-order chi connectivity index (χ1) is 16.2. The summed E-state index contributed by atoms with van der Waals surface area (Å²) in [7, 11) is -0.418. The van der Waals surface area contributed by atoms with Gasteiger partial charge in [-0.25, -0.2) is 0 Å². The van der Waals surface area contributed by atoms with Crippen LogP contribution in [0.2, 0.25) is 16.6 Å². The minimum Gasteiger partial charge on any atom is -0.497 e. The van der Waals surface area contributed by atoms with Crippen molar-refractivity contribution in [3.63, 3.8) is 0 Å². The molecule has 1 N–H and O–H groups in total. The number of rotatable bonds is 13. The van der Waals surface area contributed by atoms with Crippen LogP contribution in [0.4, 0.5) is 0 Å². The van der Waals surface area contributed by atoms with Crippen LogP contribution in [0, 0.1) is 11.8 Å². The second kappa shape index (κ2) is 13.4. The lowest BCUT2D eigenvalue weighted by atomic mass is 9.78. The van der Waals surface area contributed by atoms with Gasteiger partial charge in [0.25, 0.3) is 0 Å². The first-order valence-corrected chi connectivity index (χ1v) is 14.7. The van der Waals surface area contributed by atoms with Crippen LogP contribution in [0.5, 0.6) is 5.75 Å². The second-order valence-electron chi connectivity index (χ2n) is 10.2. The largest absolute Gasteiger partial charge is 0.497 e. The molecule has 5 nitrogen and oxygen atoms in total. The van der Waals surface area contributed by atoms with Gasteiger partial charge in [0.2, 0.25) is 8.32 Å². The van der Waals surface area contributed by atoms with Gasteiger partial charge in [0.05, 0.1) is 39.5 Å². The van der Waals surface area contributed by atoms with Gasteiger partial charge in [-0.3, -0.25) is 4.79 Å². The molecule has 1 aromatic rings. The van der Waals surface area contributed by atoms with Gasteiger partial charge < -0.3 is 19.0 Å². The lowest BCUT2D eigenvalue weighted by Gasteiger charge is -2.43. The Morgan fingerprint density at radius 1 is 1.09 bits per heavy atom. The molecule has 0 heterocycles. The van der Waals surface area contributed by atoms with Crippen LogP contribution in [-0.4, -0.2) is 46.1 Å². The van der Waals surface area contributed by atoms with Gasteiger partial charge >= 0.3 is 0 Å². The van der Waals surface area contributed by atoms with Crippen LogP contribution in [0.15, 0.2) is 48.1 Å². The van der Waals surface area contributed by atoms with Crippen molar-refractivity contribution >= 4 is 14.1 Å². The van der Waals surface area contributed by atoms with Crippen molar-refractivity contribution in [1.82, 2.24) is 0 Å². The quantitative estimate of drug-likeness (QED) is 0.207. The summed E-state index contributed by atoms with van der Waals surface area (Å²) in [6.45, 7) is 14.9. The number of ketones is 1. The second-order valence-corrected chi connectivity index (χ2v) is 15.6. The first-order valence-electron chi connectivity index (χ1n) is 12.5. The molecule has 1 aliphatic carbocycles. The minimum atomic E-state index is -2.07. The molecule has 0 unspecified atom stereocenters. The van der Waals surface area contributed by atoms with E-state index >= 15 is 0 Å². The Kier molecular flexibility index (Phi) is 11.2. The molecule has 2 atom stereocenters. The SMILES string of the molecule is COc1ccc(COC/C=C(/CO[Si](C(C)C)(C(C)C)C(C)C)[C@@H]2CC=CC(=O)[C@H]2CO)cc1. The third-order valence-corrected chi connectivity index (χ3v) is 13.3. The van der Waals surface area contributed by atoms with Crippen molar-refractivity contribution in [3.8, 4) is 5.75 Å². The summed E-state index contributed by atoms with van der Waals surface area (Å²) in [5, 5.41) is 9.98. The summed E-state index contributed by atoms with van der Waals surface area (Å²) < 4.78 is 18.1. The van der Waals surface area contributed by atoms with Crippen molar-refractivity contribution in [2.75, 3.05) is 26.9 Å². The number of carbonyl (C=O) groups excluding carboxylic acids is 1. The summed E-state index contributed by atoms with van der Waals surface area (Å²) >= 11 is 0. The summed E-state index contributed by atoms with van der Waals surface area (Å²) in [6, 6.07) is 7.83. The molecule has 1 aliphatic rings. The highest BCUT2D eigenvalue weighted by Gasteiger charge is 2.45. The Bertz CT molecular complexity index is 804. The third-order valence-electron chi connectivity index (χ3n) is 7.28. The zero-order valence-corrected chi connectivity index (χ0v) is 23.0. The van der Waals surface area contributed by atoms with Crippen molar-refractivity contribution in [3.05, 3.63) is 53.6 Å². The fourth-order valence-electron chi connectivity index (χ4n) is 5.53. The number of allylic oxidation sites excluding steroid dienone is 2. The minimum absolute atomic E-state index is 0.0103. The molecule has 0 spiro atoms. The first kappa shape index (κ1) is 28.5. The van der Waals surface area contributed by atoms with Crippen molar-refractivity contribution in [2.45, 2.75) is 71.2 Å². The molecule has 2 rings (SSSR count). The normalized spacial score (nSPS) is 19.5. The van der Waals surface area contributed by atoms with E-state index in [1.54, 1.807) is 13.2 Å². The van der Waals surface area contributed by atoms with E-state index in [1.807, 2.05) is 30.3 Å². The van der Waals surface area contributed by atoms with Crippen LogP contribution in [0.25, 0.3) is 0 Å². The molecule has 0 saturated heterocycles. The maximum atomic E-state index is 12.5. The monoisotopic (exact) mass is 488 g/mol. The molecule has 6 heteroatoms. The van der Waals surface area contributed by atoms with Crippen LogP contribution < -0.4 is 4.74 Å². The van der Waals surface area contributed by atoms with Gasteiger partial charge in [0.1, 0.15) is 5.75 Å². The number of methoxy groups -OCH3 is 1. The molecule has 0 bridgehead atoms. The highest BCUT2D eigenvalue weighted by molar-refractivity contribution is 6.77. The summed E-state index contributed by atoms with van der Waals surface area (Å²) in [5.41, 5.74) is 3.55. The summed E-state index contributed by atoms with van der Waals surface area (Å²) in [4.78, 5) is 12.5. The van der Waals surface area contributed by atoms with E-state index in [0.29, 0.717) is 36.4 Å².